The third kappa shape index (κ3) is 3.75. The number of carboxylic acid groups (broad SMARTS) is 1. The second kappa shape index (κ2) is 6.47. The summed E-state index contributed by atoms with van der Waals surface area (Å²) in [7, 11) is 0. The second-order valence-corrected chi connectivity index (χ2v) is 5.26. The maximum Gasteiger partial charge on any atom is 0.416 e. The molecule has 1 fully saturated rings. The first-order chi connectivity index (χ1) is 10.7. The van der Waals surface area contributed by atoms with E-state index in [-0.39, 0.29) is 18.0 Å². The number of carbonyl (C=O) groups excluding carboxylic acids is 1. The Labute approximate surface area is 130 Å². The molecule has 126 valence electrons. The molecule has 1 amide bonds. The molecule has 23 heavy (non-hydrogen) atoms. The number of halogens is 3. The van der Waals surface area contributed by atoms with Gasteiger partial charge in [-0.3, -0.25) is 9.59 Å². The van der Waals surface area contributed by atoms with Crippen LogP contribution >= 0.6 is 0 Å². The van der Waals surface area contributed by atoms with E-state index >= 15 is 0 Å². The first-order valence-electron chi connectivity index (χ1n) is 7.11. The molecule has 2 rings (SSSR count). The second-order valence-electron chi connectivity index (χ2n) is 5.26. The van der Waals surface area contributed by atoms with Gasteiger partial charge in [0.1, 0.15) is 5.75 Å². The minimum absolute atomic E-state index is 0.109. The van der Waals surface area contributed by atoms with Gasteiger partial charge in [0, 0.05) is 0 Å². The molecule has 1 aromatic rings. The summed E-state index contributed by atoms with van der Waals surface area (Å²) in [6, 6.07) is 2.79. The molecule has 2 N–H and O–H groups in total. The molecule has 8 heteroatoms. The fraction of sp³-hybridized carbons (Fsp3) is 0.467. The summed E-state index contributed by atoms with van der Waals surface area (Å²) >= 11 is 0. The van der Waals surface area contributed by atoms with Gasteiger partial charge in [0.05, 0.1) is 29.7 Å². The number of amides is 1. The van der Waals surface area contributed by atoms with Crippen molar-refractivity contribution in [1.29, 1.82) is 0 Å². The zero-order chi connectivity index (χ0) is 17.2. The molecule has 0 saturated heterocycles. The Hall–Kier alpha value is -2.25. The number of ether oxygens (including phenoxy) is 1. The Morgan fingerprint density at radius 1 is 1.30 bits per heavy atom. The van der Waals surface area contributed by atoms with Crippen molar-refractivity contribution in [2.75, 3.05) is 11.9 Å². The molecule has 5 nitrogen and oxygen atoms in total. The molecule has 1 saturated carbocycles. The normalized spacial score (nSPS) is 20.5. The zero-order valence-corrected chi connectivity index (χ0v) is 12.3. The van der Waals surface area contributed by atoms with Crippen LogP contribution in [-0.4, -0.2) is 23.6 Å². The topological polar surface area (TPSA) is 75.6 Å². The van der Waals surface area contributed by atoms with Gasteiger partial charge in [-0.15, -0.1) is 0 Å². The van der Waals surface area contributed by atoms with Gasteiger partial charge in [-0.1, -0.05) is 0 Å². The van der Waals surface area contributed by atoms with Crippen molar-refractivity contribution in [2.24, 2.45) is 11.8 Å². The van der Waals surface area contributed by atoms with E-state index in [1.54, 1.807) is 6.92 Å². The molecule has 0 aromatic heterocycles. The Morgan fingerprint density at radius 3 is 2.43 bits per heavy atom. The molecule has 0 spiro atoms. The zero-order valence-electron chi connectivity index (χ0n) is 12.3. The van der Waals surface area contributed by atoms with Crippen molar-refractivity contribution in [1.82, 2.24) is 0 Å². The van der Waals surface area contributed by atoms with E-state index in [2.05, 4.69) is 5.32 Å². The summed E-state index contributed by atoms with van der Waals surface area (Å²) in [4.78, 5) is 23.1. The van der Waals surface area contributed by atoms with Gasteiger partial charge in [0.25, 0.3) is 0 Å². The van der Waals surface area contributed by atoms with Crippen LogP contribution in [0.3, 0.4) is 0 Å². The first kappa shape index (κ1) is 17.1. The van der Waals surface area contributed by atoms with Gasteiger partial charge in [0.2, 0.25) is 5.91 Å². The maximum absolute atomic E-state index is 12.8. The predicted molar refractivity (Wildman–Crippen MR) is 75.1 cm³/mol. The lowest BCUT2D eigenvalue weighted by molar-refractivity contribution is -0.151. The van der Waals surface area contributed by atoms with E-state index in [9.17, 15) is 22.8 Å². The molecular formula is C15H16F3NO4. The highest BCUT2D eigenvalue weighted by Crippen LogP contribution is 2.38. The van der Waals surface area contributed by atoms with Crippen LogP contribution in [0.15, 0.2) is 18.2 Å². The third-order valence-corrected chi connectivity index (χ3v) is 3.79. The number of benzene rings is 1. The number of hydrogen-bond acceptors (Lipinski definition) is 3. The van der Waals surface area contributed by atoms with Crippen molar-refractivity contribution in [3.05, 3.63) is 23.8 Å². The van der Waals surface area contributed by atoms with Crippen LogP contribution in [0.1, 0.15) is 25.3 Å². The lowest BCUT2D eigenvalue weighted by Gasteiger charge is -2.32. The Morgan fingerprint density at radius 2 is 1.96 bits per heavy atom. The number of nitrogens with one attached hydrogen (secondary N) is 1. The van der Waals surface area contributed by atoms with Gasteiger partial charge in [-0.05, 0) is 38.0 Å². The average Bonchev–Trinajstić information content (AvgIpc) is 2.37. The summed E-state index contributed by atoms with van der Waals surface area (Å²) in [5.41, 5.74) is -1.03. The lowest BCUT2D eigenvalue weighted by Crippen LogP contribution is -2.41. The first-order valence-corrected chi connectivity index (χ1v) is 7.11. The van der Waals surface area contributed by atoms with E-state index in [1.807, 2.05) is 0 Å². The van der Waals surface area contributed by atoms with Crippen molar-refractivity contribution < 1.29 is 32.6 Å². The van der Waals surface area contributed by atoms with Crippen LogP contribution in [-0.2, 0) is 15.8 Å². The molecule has 0 bridgehead atoms. The highest BCUT2D eigenvalue weighted by atomic mass is 19.4. The summed E-state index contributed by atoms with van der Waals surface area (Å²) in [5.74, 6) is -3.11. The predicted octanol–water partition coefficient (Wildman–Crippen LogP) is 3.15. The van der Waals surface area contributed by atoms with Gasteiger partial charge < -0.3 is 15.2 Å². The molecule has 0 aliphatic heterocycles. The third-order valence-electron chi connectivity index (χ3n) is 3.79. The molecular weight excluding hydrogens is 315 g/mol. The molecule has 2 unspecified atom stereocenters. The number of aliphatic carboxylic acids is 1. The SMILES string of the molecule is CCOc1ccc(C(F)(F)F)cc1NC(=O)C1CCC1C(=O)O. The van der Waals surface area contributed by atoms with E-state index in [0.717, 1.165) is 18.2 Å². The van der Waals surface area contributed by atoms with E-state index < -0.39 is 35.5 Å². The average molecular weight is 331 g/mol. The van der Waals surface area contributed by atoms with Crippen LogP contribution in [0, 0.1) is 11.8 Å². The Kier molecular flexibility index (Phi) is 4.82. The highest BCUT2D eigenvalue weighted by Gasteiger charge is 2.41. The monoisotopic (exact) mass is 331 g/mol. The Balaban J connectivity index is 2.22. The smallest absolute Gasteiger partial charge is 0.416 e. The molecule has 1 aliphatic rings. The van der Waals surface area contributed by atoms with Crippen molar-refractivity contribution >= 4 is 17.6 Å². The number of alkyl halides is 3. The molecule has 1 aromatic carbocycles. The van der Waals surface area contributed by atoms with E-state index in [0.29, 0.717) is 12.8 Å². The van der Waals surface area contributed by atoms with Crippen molar-refractivity contribution in [2.45, 2.75) is 25.9 Å². The van der Waals surface area contributed by atoms with Crippen LogP contribution in [0.4, 0.5) is 18.9 Å². The Bertz CT molecular complexity index is 615. The van der Waals surface area contributed by atoms with Crippen LogP contribution in [0.5, 0.6) is 5.75 Å². The highest BCUT2D eigenvalue weighted by molar-refractivity contribution is 5.97. The van der Waals surface area contributed by atoms with Gasteiger partial charge >= 0.3 is 12.1 Å². The minimum atomic E-state index is -4.55. The van der Waals surface area contributed by atoms with Gasteiger partial charge in [0.15, 0.2) is 0 Å². The van der Waals surface area contributed by atoms with Crippen molar-refractivity contribution in [3.63, 3.8) is 0 Å². The standard InChI is InChI=1S/C15H16F3NO4/c1-2-23-12-6-3-8(15(16,17)18)7-11(12)19-13(20)9-4-5-10(9)14(21)22/h3,6-7,9-10H,2,4-5H2,1H3,(H,19,20)(H,21,22). The maximum atomic E-state index is 12.8. The molecule has 2 atom stereocenters. The lowest BCUT2D eigenvalue weighted by atomic mass is 9.73. The van der Waals surface area contributed by atoms with Crippen LogP contribution in [0.25, 0.3) is 0 Å². The number of rotatable bonds is 5. The van der Waals surface area contributed by atoms with Gasteiger partial charge in [-0.25, -0.2) is 0 Å². The number of carbonyl (C=O) groups is 2. The fourth-order valence-electron chi connectivity index (χ4n) is 2.42. The van der Waals surface area contributed by atoms with Crippen LogP contribution < -0.4 is 10.1 Å². The minimum Gasteiger partial charge on any atom is -0.492 e. The summed E-state index contributed by atoms with van der Waals surface area (Å²) < 4.78 is 43.6. The molecule has 0 heterocycles. The molecule has 0 radical (unpaired) electrons. The van der Waals surface area contributed by atoms with Crippen molar-refractivity contribution in [3.8, 4) is 5.75 Å². The summed E-state index contributed by atoms with van der Waals surface area (Å²) in [6.45, 7) is 1.88. The largest absolute Gasteiger partial charge is 0.492 e. The fourth-order valence-corrected chi connectivity index (χ4v) is 2.42. The summed E-state index contributed by atoms with van der Waals surface area (Å²) in [5, 5.41) is 11.3. The molecule has 1 aliphatic carbocycles. The van der Waals surface area contributed by atoms with E-state index in [4.69, 9.17) is 9.84 Å². The number of carboxylic acids is 1. The number of anilines is 1. The quantitative estimate of drug-likeness (QED) is 0.869. The van der Waals surface area contributed by atoms with Gasteiger partial charge in [-0.2, -0.15) is 13.2 Å². The van der Waals surface area contributed by atoms with Crippen LogP contribution in [0.2, 0.25) is 0 Å². The summed E-state index contributed by atoms with van der Waals surface area (Å²) in [6.07, 6.45) is -3.77. The van der Waals surface area contributed by atoms with E-state index in [1.165, 1.54) is 0 Å². The number of hydrogen-bond donors (Lipinski definition) is 2.